The molecule has 94 valence electrons. The van der Waals surface area contributed by atoms with Crippen molar-refractivity contribution in [2.45, 2.75) is 39.3 Å². The number of aromatic nitrogens is 2. The van der Waals surface area contributed by atoms with Crippen molar-refractivity contribution in [3.8, 4) is 5.88 Å². The van der Waals surface area contributed by atoms with Gasteiger partial charge in [0.1, 0.15) is 18.2 Å². The molecule has 1 unspecified atom stereocenters. The molecule has 1 rings (SSSR count). The van der Waals surface area contributed by atoms with Gasteiger partial charge in [-0.3, -0.25) is 0 Å². The van der Waals surface area contributed by atoms with E-state index in [9.17, 15) is 4.79 Å². The van der Waals surface area contributed by atoms with Crippen LogP contribution in [0, 0.1) is 0 Å². The number of ether oxygens (including phenoxy) is 1. The third-order valence-corrected chi connectivity index (χ3v) is 2.03. The minimum atomic E-state index is -0.905. The van der Waals surface area contributed by atoms with Gasteiger partial charge in [-0.1, -0.05) is 6.92 Å². The molecule has 0 radical (unpaired) electrons. The molecule has 6 heteroatoms. The number of carboxylic acids is 1. The minimum absolute atomic E-state index is 0.0131. The van der Waals surface area contributed by atoms with E-state index >= 15 is 0 Å². The Kier molecular flexibility index (Phi) is 4.68. The molecule has 1 atom stereocenters. The maximum absolute atomic E-state index is 10.9. The van der Waals surface area contributed by atoms with E-state index in [2.05, 4.69) is 15.3 Å². The molecule has 0 aromatic carbocycles. The second-order valence-electron chi connectivity index (χ2n) is 3.85. The van der Waals surface area contributed by atoms with Gasteiger partial charge in [-0.25, -0.2) is 14.8 Å². The summed E-state index contributed by atoms with van der Waals surface area (Å²) in [5, 5.41) is 11.7. The third kappa shape index (κ3) is 4.26. The van der Waals surface area contributed by atoms with Crippen LogP contribution < -0.4 is 10.1 Å². The van der Waals surface area contributed by atoms with Gasteiger partial charge in [-0.05, 0) is 20.3 Å². The molecule has 0 bridgehead atoms. The molecule has 1 aromatic heterocycles. The lowest BCUT2D eigenvalue weighted by molar-refractivity contribution is -0.137. The lowest BCUT2D eigenvalue weighted by atomic mass is 10.2. The number of nitrogens with zero attached hydrogens (tertiary/aromatic N) is 2. The highest BCUT2D eigenvalue weighted by Crippen LogP contribution is 2.14. The first-order valence-electron chi connectivity index (χ1n) is 5.51. The zero-order chi connectivity index (χ0) is 12.8. The number of anilines is 1. The first kappa shape index (κ1) is 13.2. The van der Waals surface area contributed by atoms with Crippen molar-refractivity contribution in [3.05, 3.63) is 12.4 Å². The topological polar surface area (TPSA) is 84.3 Å². The summed E-state index contributed by atoms with van der Waals surface area (Å²) in [6.45, 7) is 5.57. The number of carbonyl (C=O) groups is 1. The van der Waals surface area contributed by atoms with Crippen molar-refractivity contribution in [2.75, 3.05) is 5.32 Å². The van der Waals surface area contributed by atoms with Crippen LogP contribution in [0.5, 0.6) is 5.88 Å². The predicted molar refractivity (Wildman–Crippen MR) is 63.1 cm³/mol. The molecule has 0 aliphatic rings. The van der Waals surface area contributed by atoms with Crippen molar-refractivity contribution in [3.63, 3.8) is 0 Å². The van der Waals surface area contributed by atoms with E-state index < -0.39 is 12.0 Å². The van der Waals surface area contributed by atoms with Crippen LogP contribution in [0.25, 0.3) is 0 Å². The van der Waals surface area contributed by atoms with Gasteiger partial charge in [-0.15, -0.1) is 0 Å². The first-order valence-corrected chi connectivity index (χ1v) is 5.51. The molecule has 1 heterocycles. The van der Waals surface area contributed by atoms with Gasteiger partial charge in [0.25, 0.3) is 0 Å². The molecular formula is C11H17N3O3. The lowest BCUT2D eigenvalue weighted by Gasteiger charge is -2.14. The Hall–Kier alpha value is -1.85. The molecule has 6 nitrogen and oxygen atoms in total. The van der Waals surface area contributed by atoms with E-state index in [1.807, 2.05) is 13.8 Å². The van der Waals surface area contributed by atoms with Gasteiger partial charge >= 0.3 is 5.97 Å². The van der Waals surface area contributed by atoms with E-state index in [1.165, 1.54) is 6.33 Å². The van der Waals surface area contributed by atoms with Crippen LogP contribution in [0.1, 0.15) is 27.2 Å². The average Bonchev–Trinajstić information content (AvgIpc) is 2.25. The Bertz CT molecular complexity index is 382. The van der Waals surface area contributed by atoms with Crippen LogP contribution in [-0.4, -0.2) is 33.2 Å². The maximum atomic E-state index is 10.9. The van der Waals surface area contributed by atoms with Crippen LogP contribution in [0.15, 0.2) is 12.4 Å². The van der Waals surface area contributed by atoms with Crippen molar-refractivity contribution >= 4 is 11.8 Å². The normalized spacial score (nSPS) is 12.2. The van der Waals surface area contributed by atoms with E-state index in [-0.39, 0.29) is 6.10 Å². The summed E-state index contributed by atoms with van der Waals surface area (Å²) < 4.78 is 5.39. The Morgan fingerprint density at radius 2 is 2.24 bits per heavy atom. The first-order chi connectivity index (χ1) is 8.02. The fraction of sp³-hybridized carbons (Fsp3) is 0.545. The van der Waals surface area contributed by atoms with Gasteiger partial charge in [-0.2, -0.15) is 0 Å². The quantitative estimate of drug-likeness (QED) is 0.783. The zero-order valence-corrected chi connectivity index (χ0v) is 10.2. The second kappa shape index (κ2) is 6.03. The van der Waals surface area contributed by atoms with E-state index in [0.29, 0.717) is 18.1 Å². The summed E-state index contributed by atoms with van der Waals surface area (Å²) in [6.07, 6.45) is 1.83. The molecule has 0 aliphatic carbocycles. The Morgan fingerprint density at radius 3 is 2.76 bits per heavy atom. The van der Waals surface area contributed by atoms with E-state index in [0.717, 1.165) is 0 Å². The molecule has 0 aliphatic heterocycles. The molecule has 0 saturated carbocycles. The van der Waals surface area contributed by atoms with Crippen LogP contribution in [-0.2, 0) is 4.79 Å². The number of aliphatic carboxylic acids is 1. The third-order valence-electron chi connectivity index (χ3n) is 2.03. The predicted octanol–water partition coefficient (Wildman–Crippen LogP) is 1.54. The van der Waals surface area contributed by atoms with Crippen molar-refractivity contribution < 1.29 is 14.6 Å². The number of hydrogen-bond acceptors (Lipinski definition) is 5. The fourth-order valence-corrected chi connectivity index (χ4v) is 1.24. The molecule has 0 spiro atoms. The number of carboxylic acid groups (broad SMARTS) is 1. The second-order valence-corrected chi connectivity index (χ2v) is 3.85. The van der Waals surface area contributed by atoms with Crippen molar-refractivity contribution in [1.82, 2.24) is 9.97 Å². The van der Waals surface area contributed by atoms with Gasteiger partial charge in [0.15, 0.2) is 0 Å². The minimum Gasteiger partial charge on any atom is -0.480 e. The largest absolute Gasteiger partial charge is 0.480 e. The Balaban J connectivity index is 2.74. The molecular weight excluding hydrogens is 222 g/mol. The molecule has 0 amide bonds. The highest BCUT2D eigenvalue weighted by molar-refractivity contribution is 5.76. The highest BCUT2D eigenvalue weighted by Gasteiger charge is 2.15. The molecule has 0 fully saturated rings. The molecule has 2 N–H and O–H groups in total. The van der Waals surface area contributed by atoms with Crippen LogP contribution in [0.2, 0.25) is 0 Å². The lowest BCUT2D eigenvalue weighted by Crippen LogP contribution is -2.28. The van der Waals surface area contributed by atoms with E-state index in [1.54, 1.807) is 13.0 Å². The molecule has 17 heavy (non-hydrogen) atoms. The summed E-state index contributed by atoms with van der Waals surface area (Å²) in [7, 11) is 0. The number of rotatable bonds is 6. The number of hydrogen-bond donors (Lipinski definition) is 2. The van der Waals surface area contributed by atoms with E-state index in [4.69, 9.17) is 9.84 Å². The zero-order valence-electron chi connectivity index (χ0n) is 10.2. The molecule has 1 aromatic rings. The standard InChI is InChI=1S/C11H17N3O3/c1-4-8(11(15)16)14-9-5-10(13-6-12-9)17-7(2)3/h5-8H,4H2,1-3H3,(H,15,16)(H,12,13,14). The van der Waals surface area contributed by atoms with Gasteiger partial charge in [0.2, 0.25) is 5.88 Å². The van der Waals surface area contributed by atoms with Crippen LogP contribution in [0.4, 0.5) is 5.82 Å². The summed E-state index contributed by atoms with van der Waals surface area (Å²) >= 11 is 0. The highest BCUT2D eigenvalue weighted by atomic mass is 16.5. The summed E-state index contributed by atoms with van der Waals surface area (Å²) in [5.74, 6) is -0.0277. The monoisotopic (exact) mass is 239 g/mol. The summed E-state index contributed by atoms with van der Waals surface area (Å²) in [4.78, 5) is 18.7. The summed E-state index contributed by atoms with van der Waals surface area (Å²) in [5.41, 5.74) is 0. The maximum Gasteiger partial charge on any atom is 0.326 e. The SMILES string of the molecule is CCC(Nc1cc(OC(C)C)ncn1)C(=O)O. The van der Waals surface area contributed by atoms with Crippen LogP contribution in [0.3, 0.4) is 0 Å². The Morgan fingerprint density at radius 1 is 1.53 bits per heavy atom. The average molecular weight is 239 g/mol. The molecule has 0 saturated heterocycles. The van der Waals surface area contributed by atoms with Gasteiger partial charge in [0, 0.05) is 6.07 Å². The van der Waals surface area contributed by atoms with Crippen molar-refractivity contribution in [2.24, 2.45) is 0 Å². The summed E-state index contributed by atoms with van der Waals surface area (Å²) in [6, 6.07) is 0.933. The van der Waals surface area contributed by atoms with Crippen LogP contribution >= 0.6 is 0 Å². The smallest absolute Gasteiger partial charge is 0.326 e. The van der Waals surface area contributed by atoms with Gasteiger partial charge < -0.3 is 15.2 Å². The fourth-order valence-electron chi connectivity index (χ4n) is 1.24. The van der Waals surface area contributed by atoms with Gasteiger partial charge in [0.05, 0.1) is 6.10 Å². The number of nitrogens with one attached hydrogen (secondary N) is 1. The van der Waals surface area contributed by atoms with Crippen molar-refractivity contribution in [1.29, 1.82) is 0 Å². The Labute approximate surface area is 100 Å².